The minimum atomic E-state index is -3.82. The van der Waals surface area contributed by atoms with Gasteiger partial charge in [0, 0.05) is 20.0 Å². The first-order valence-corrected chi connectivity index (χ1v) is 9.65. The van der Waals surface area contributed by atoms with Crippen LogP contribution in [0.4, 0.5) is 16.8 Å². The summed E-state index contributed by atoms with van der Waals surface area (Å²) < 4.78 is 32.3. The van der Waals surface area contributed by atoms with Crippen LogP contribution in [0.2, 0.25) is 0 Å². The maximum Gasteiger partial charge on any atom is 0.273 e. The van der Waals surface area contributed by atoms with Crippen LogP contribution in [0.1, 0.15) is 6.92 Å². The van der Waals surface area contributed by atoms with Gasteiger partial charge in [-0.25, -0.2) is 23.4 Å². The van der Waals surface area contributed by atoms with E-state index < -0.39 is 10.0 Å². The number of ether oxygens (including phenoxy) is 1. The molecule has 0 spiro atoms. The Morgan fingerprint density at radius 3 is 2.52 bits per heavy atom. The molecule has 1 amide bonds. The van der Waals surface area contributed by atoms with Crippen LogP contribution in [0.5, 0.6) is 0 Å². The predicted octanol–water partition coefficient (Wildman–Crippen LogP) is 0.529. The molecule has 25 heavy (non-hydrogen) atoms. The van der Waals surface area contributed by atoms with E-state index in [1.807, 2.05) is 4.90 Å². The second-order valence-electron chi connectivity index (χ2n) is 5.14. The van der Waals surface area contributed by atoms with Crippen molar-refractivity contribution in [3.05, 3.63) is 18.6 Å². The lowest BCUT2D eigenvalue weighted by Gasteiger charge is -2.26. The molecule has 2 aromatic heterocycles. The lowest BCUT2D eigenvalue weighted by Crippen LogP contribution is -2.37. The molecule has 0 radical (unpaired) electrons. The van der Waals surface area contributed by atoms with E-state index >= 15 is 0 Å². The minimum Gasteiger partial charge on any atom is -0.378 e. The van der Waals surface area contributed by atoms with Crippen molar-refractivity contribution >= 4 is 44.0 Å². The van der Waals surface area contributed by atoms with E-state index in [9.17, 15) is 13.2 Å². The van der Waals surface area contributed by atoms with Crippen molar-refractivity contribution in [3.8, 4) is 0 Å². The van der Waals surface area contributed by atoms with Gasteiger partial charge in [0.05, 0.1) is 37.5 Å². The number of thiazole rings is 1. The molecule has 2 N–H and O–H groups in total. The maximum absolute atomic E-state index is 12.4. The molecule has 10 nitrogen and oxygen atoms in total. The number of anilines is 3. The fraction of sp³-hybridized carbons (Fsp3) is 0.385. The minimum absolute atomic E-state index is 0.0199. The fourth-order valence-electron chi connectivity index (χ4n) is 2.10. The molecule has 2 aromatic rings. The van der Waals surface area contributed by atoms with Crippen molar-refractivity contribution in [2.24, 2.45) is 0 Å². The van der Waals surface area contributed by atoms with Gasteiger partial charge in [-0.15, -0.1) is 0 Å². The average molecular weight is 384 g/mol. The third-order valence-electron chi connectivity index (χ3n) is 3.22. The van der Waals surface area contributed by atoms with Gasteiger partial charge in [0.2, 0.25) is 11.9 Å². The summed E-state index contributed by atoms with van der Waals surface area (Å²) in [6.07, 6.45) is 4.00. The standard InChI is InChI=1S/C13H16N6O4S2/c1-9(20)17-13-16-8-11(24-13)25(21,22)18-10-6-14-12(15-7-10)19-2-4-23-5-3-19/h6-8,18H,2-5H2,1H3,(H,16,17,20). The normalized spacial score (nSPS) is 15.0. The monoisotopic (exact) mass is 384 g/mol. The van der Waals surface area contributed by atoms with Crippen LogP contribution in [-0.2, 0) is 19.6 Å². The highest BCUT2D eigenvalue weighted by Gasteiger charge is 2.19. The predicted molar refractivity (Wildman–Crippen MR) is 92.3 cm³/mol. The van der Waals surface area contributed by atoms with E-state index in [1.54, 1.807) is 0 Å². The Morgan fingerprint density at radius 1 is 1.20 bits per heavy atom. The van der Waals surface area contributed by atoms with Crippen LogP contribution in [0.15, 0.2) is 22.8 Å². The SMILES string of the molecule is CC(=O)Nc1ncc(S(=O)(=O)Nc2cnc(N3CCOCC3)nc2)s1. The van der Waals surface area contributed by atoms with Gasteiger partial charge in [-0.1, -0.05) is 11.3 Å². The second-order valence-corrected chi connectivity index (χ2v) is 8.08. The molecular formula is C13H16N6O4S2. The van der Waals surface area contributed by atoms with Crippen LogP contribution in [0, 0.1) is 0 Å². The molecule has 1 saturated heterocycles. The van der Waals surface area contributed by atoms with Crippen molar-refractivity contribution in [2.75, 3.05) is 41.2 Å². The van der Waals surface area contributed by atoms with Crippen molar-refractivity contribution in [3.63, 3.8) is 0 Å². The topological polar surface area (TPSA) is 126 Å². The lowest BCUT2D eigenvalue weighted by molar-refractivity contribution is -0.114. The van der Waals surface area contributed by atoms with Crippen LogP contribution in [-0.4, -0.2) is 55.6 Å². The zero-order chi connectivity index (χ0) is 17.9. The molecule has 1 aliphatic heterocycles. The molecule has 0 aliphatic carbocycles. The molecule has 134 valence electrons. The molecule has 3 rings (SSSR count). The molecule has 1 aliphatic rings. The summed E-state index contributed by atoms with van der Waals surface area (Å²) in [6, 6.07) is 0. The Kier molecular flexibility index (Phi) is 5.11. The van der Waals surface area contributed by atoms with E-state index in [1.165, 1.54) is 25.5 Å². The molecule has 12 heteroatoms. The molecule has 0 unspecified atom stereocenters. The number of carbonyl (C=O) groups is 1. The van der Waals surface area contributed by atoms with Crippen LogP contribution in [0.25, 0.3) is 0 Å². The summed E-state index contributed by atoms with van der Waals surface area (Å²) in [7, 11) is -3.82. The third kappa shape index (κ3) is 4.41. The number of nitrogens with zero attached hydrogens (tertiary/aromatic N) is 4. The number of aromatic nitrogens is 3. The Bertz CT molecular complexity index is 846. The molecule has 0 saturated carbocycles. The second kappa shape index (κ2) is 7.29. The number of morpholine rings is 1. The van der Waals surface area contributed by atoms with Gasteiger partial charge < -0.3 is 15.0 Å². The number of amides is 1. The van der Waals surface area contributed by atoms with Crippen molar-refractivity contribution in [2.45, 2.75) is 11.1 Å². The average Bonchev–Trinajstić information content (AvgIpc) is 3.05. The summed E-state index contributed by atoms with van der Waals surface area (Å²) in [6.45, 7) is 3.93. The van der Waals surface area contributed by atoms with Crippen LogP contribution < -0.4 is 14.9 Å². The van der Waals surface area contributed by atoms with E-state index in [-0.39, 0.29) is 20.9 Å². The van der Waals surface area contributed by atoms with Gasteiger partial charge in [-0.2, -0.15) is 0 Å². The highest BCUT2D eigenvalue weighted by Crippen LogP contribution is 2.25. The van der Waals surface area contributed by atoms with Gasteiger partial charge in [-0.05, 0) is 0 Å². The highest BCUT2D eigenvalue weighted by molar-refractivity contribution is 7.94. The molecule has 0 aromatic carbocycles. The molecule has 3 heterocycles. The molecule has 1 fully saturated rings. The first-order valence-electron chi connectivity index (χ1n) is 7.35. The number of hydrogen-bond donors (Lipinski definition) is 2. The van der Waals surface area contributed by atoms with E-state index in [2.05, 4.69) is 25.0 Å². The van der Waals surface area contributed by atoms with Crippen LogP contribution >= 0.6 is 11.3 Å². The zero-order valence-electron chi connectivity index (χ0n) is 13.3. The highest BCUT2D eigenvalue weighted by atomic mass is 32.2. The van der Waals surface area contributed by atoms with Gasteiger partial charge >= 0.3 is 0 Å². The fourth-order valence-corrected chi connectivity index (χ4v) is 4.20. The van der Waals surface area contributed by atoms with Crippen LogP contribution in [0.3, 0.4) is 0 Å². The van der Waals surface area contributed by atoms with Gasteiger partial charge in [0.25, 0.3) is 10.0 Å². The Labute approximate surface area is 148 Å². The van der Waals surface area contributed by atoms with Gasteiger partial charge in [0.1, 0.15) is 0 Å². The summed E-state index contributed by atoms with van der Waals surface area (Å²) in [5.41, 5.74) is 0.242. The molecular weight excluding hydrogens is 368 g/mol. The summed E-state index contributed by atoms with van der Waals surface area (Å²) in [5.74, 6) is 0.204. The quantitative estimate of drug-likeness (QED) is 0.764. The summed E-state index contributed by atoms with van der Waals surface area (Å²) >= 11 is 0.857. The molecule has 0 bridgehead atoms. The Balaban J connectivity index is 1.70. The lowest BCUT2D eigenvalue weighted by atomic mass is 10.4. The maximum atomic E-state index is 12.4. The van der Waals surface area contributed by atoms with Gasteiger partial charge in [0.15, 0.2) is 9.34 Å². The Hall–Kier alpha value is -2.31. The number of rotatable bonds is 5. The number of carbonyl (C=O) groups excluding carboxylic acids is 1. The molecule has 0 atom stereocenters. The number of sulfonamides is 1. The summed E-state index contributed by atoms with van der Waals surface area (Å²) in [5, 5.41) is 2.66. The van der Waals surface area contributed by atoms with E-state index in [0.29, 0.717) is 32.3 Å². The van der Waals surface area contributed by atoms with Crippen molar-refractivity contribution in [1.82, 2.24) is 15.0 Å². The van der Waals surface area contributed by atoms with Gasteiger partial charge in [-0.3, -0.25) is 9.52 Å². The number of nitrogens with one attached hydrogen (secondary N) is 2. The zero-order valence-corrected chi connectivity index (χ0v) is 14.9. The summed E-state index contributed by atoms with van der Waals surface area (Å²) in [4.78, 5) is 25.2. The smallest absolute Gasteiger partial charge is 0.273 e. The first-order chi connectivity index (χ1) is 11.9. The largest absolute Gasteiger partial charge is 0.378 e. The third-order valence-corrected chi connectivity index (χ3v) is 5.97. The Morgan fingerprint density at radius 2 is 1.88 bits per heavy atom. The van der Waals surface area contributed by atoms with E-state index in [0.717, 1.165) is 11.3 Å². The first kappa shape index (κ1) is 17.5. The van der Waals surface area contributed by atoms with Crippen molar-refractivity contribution in [1.29, 1.82) is 0 Å². The van der Waals surface area contributed by atoms with E-state index in [4.69, 9.17) is 4.74 Å². The number of hydrogen-bond acceptors (Lipinski definition) is 9. The van der Waals surface area contributed by atoms with Crippen molar-refractivity contribution < 1.29 is 17.9 Å².